The molecule has 2 aromatic heterocycles. The summed E-state index contributed by atoms with van der Waals surface area (Å²) in [5.74, 6) is 0. The van der Waals surface area contributed by atoms with E-state index < -0.39 is 0 Å². The van der Waals surface area contributed by atoms with Crippen LogP contribution >= 0.6 is 0 Å². The molecular weight excluding hydrogens is 212 g/mol. The van der Waals surface area contributed by atoms with Crippen LogP contribution in [0.2, 0.25) is 0 Å². The Morgan fingerprint density at radius 1 is 1.35 bits per heavy atom. The quantitative estimate of drug-likeness (QED) is 0.878. The van der Waals surface area contributed by atoms with Crippen molar-refractivity contribution in [3.05, 3.63) is 41.0 Å². The van der Waals surface area contributed by atoms with Crippen LogP contribution < -0.4 is 5.73 Å². The summed E-state index contributed by atoms with van der Waals surface area (Å²) >= 11 is 0. The van der Waals surface area contributed by atoms with Crippen molar-refractivity contribution in [2.24, 2.45) is 0 Å². The Hall–Kier alpha value is -1.84. The van der Waals surface area contributed by atoms with Crippen molar-refractivity contribution in [3.63, 3.8) is 0 Å². The highest BCUT2D eigenvalue weighted by Crippen LogP contribution is 2.15. The van der Waals surface area contributed by atoms with Crippen LogP contribution in [0.4, 0.5) is 5.69 Å². The number of hydrogen-bond donors (Lipinski definition) is 1. The lowest BCUT2D eigenvalue weighted by atomic mass is 10.1. The van der Waals surface area contributed by atoms with Gasteiger partial charge in [-0.3, -0.25) is 9.67 Å². The van der Waals surface area contributed by atoms with E-state index in [9.17, 15) is 0 Å². The first-order valence-electron chi connectivity index (χ1n) is 5.85. The van der Waals surface area contributed by atoms with Gasteiger partial charge < -0.3 is 5.73 Å². The third-order valence-electron chi connectivity index (χ3n) is 3.04. The Bertz CT molecular complexity index is 528. The molecule has 0 aromatic carbocycles. The van der Waals surface area contributed by atoms with Gasteiger partial charge in [0.15, 0.2) is 0 Å². The van der Waals surface area contributed by atoms with Crippen LogP contribution in [0.1, 0.15) is 29.6 Å². The van der Waals surface area contributed by atoms with Gasteiger partial charge in [0.25, 0.3) is 0 Å². The van der Waals surface area contributed by atoms with E-state index >= 15 is 0 Å². The Morgan fingerprint density at radius 3 is 2.71 bits per heavy atom. The normalized spacial score (nSPS) is 10.8. The van der Waals surface area contributed by atoms with E-state index in [2.05, 4.69) is 30.9 Å². The van der Waals surface area contributed by atoms with Crippen molar-refractivity contribution < 1.29 is 0 Å². The molecule has 90 valence electrons. The summed E-state index contributed by atoms with van der Waals surface area (Å²) in [6, 6.07) is 3.68. The summed E-state index contributed by atoms with van der Waals surface area (Å²) < 4.78 is 2.00. The maximum absolute atomic E-state index is 5.74. The minimum Gasteiger partial charge on any atom is -0.399 e. The van der Waals surface area contributed by atoms with E-state index in [0.717, 1.165) is 23.5 Å². The maximum Gasteiger partial charge on any atom is 0.0835 e. The third-order valence-corrected chi connectivity index (χ3v) is 3.04. The van der Waals surface area contributed by atoms with Crippen molar-refractivity contribution in [2.45, 2.75) is 33.7 Å². The minimum absolute atomic E-state index is 0.678. The number of nitrogen functional groups attached to an aromatic ring is 1. The predicted molar refractivity (Wildman–Crippen MR) is 68.8 cm³/mol. The summed E-state index contributed by atoms with van der Waals surface area (Å²) in [5.41, 5.74) is 11.1. The lowest BCUT2D eigenvalue weighted by molar-refractivity contribution is 0.646. The lowest BCUT2D eigenvalue weighted by Crippen LogP contribution is -2.06. The first kappa shape index (κ1) is 11.6. The molecule has 0 unspecified atom stereocenters. The molecule has 4 heteroatoms. The van der Waals surface area contributed by atoms with Gasteiger partial charge >= 0.3 is 0 Å². The second-order valence-electron chi connectivity index (χ2n) is 4.24. The number of aromatic nitrogens is 3. The van der Waals surface area contributed by atoms with E-state index in [4.69, 9.17) is 5.73 Å². The van der Waals surface area contributed by atoms with Crippen LogP contribution in [-0.2, 0) is 13.0 Å². The lowest BCUT2D eigenvalue weighted by Gasteiger charge is -2.05. The number of rotatable bonds is 3. The Labute approximate surface area is 101 Å². The predicted octanol–water partition coefficient (Wildman–Crippen LogP) is 2.09. The van der Waals surface area contributed by atoms with Gasteiger partial charge in [0.1, 0.15) is 0 Å². The molecule has 2 N–H and O–H groups in total. The second-order valence-corrected chi connectivity index (χ2v) is 4.24. The summed E-state index contributed by atoms with van der Waals surface area (Å²) in [7, 11) is 0. The molecule has 0 saturated heterocycles. The Morgan fingerprint density at radius 2 is 2.12 bits per heavy atom. The van der Waals surface area contributed by atoms with Crippen molar-refractivity contribution in [1.82, 2.24) is 14.8 Å². The molecule has 0 aliphatic carbocycles. The van der Waals surface area contributed by atoms with E-state index in [-0.39, 0.29) is 0 Å². The molecule has 0 radical (unpaired) electrons. The smallest absolute Gasteiger partial charge is 0.0835 e. The number of nitrogens with zero attached hydrogens (tertiary/aromatic N) is 3. The average molecular weight is 230 g/mol. The highest BCUT2D eigenvalue weighted by molar-refractivity contribution is 5.37. The van der Waals surface area contributed by atoms with Crippen molar-refractivity contribution >= 4 is 5.69 Å². The number of hydrogen-bond acceptors (Lipinski definition) is 3. The highest BCUT2D eigenvalue weighted by Gasteiger charge is 2.10. The molecule has 4 nitrogen and oxygen atoms in total. The van der Waals surface area contributed by atoms with E-state index in [1.807, 2.05) is 10.7 Å². The van der Waals surface area contributed by atoms with Gasteiger partial charge in [0.2, 0.25) is 0 Å². The van der Waals surface area contributed by atoms with Gasteiger partial charge in [-0.2, -0.15) is 5.10 Å². The van der Waals surface area contributed by atoms with Crippen LogP contribution in [0, 0.1) is 13.8 Å². The van der Waals surface area contributed by atoms with Gasteiger partial charge in [-0.15, -0.1) is 0 Å². The SMILES string of the molecule is CCc1c(C)nn(Cc2cc(N)ccn2)c1C. The fraction of sp³-hybridized carbons (Fsp3) is 0.385. The van der Waals surface area contributed by atoms with Crippen molar-refractivity contribution in [1.29, 1.82) is 0 Å². The zero-order chi connectivity index (χ0) is 12.4. The Kier molecular flexibility index (Phi) is 3.13. The molecule has 0 saturated carbocycles. The molecule has 0 spiro atoms. The molecule has 17 heavy (non-hydrogen) atoms. The molecule has 0 atom stereocenters. The fourth-order valence-electron chi connectivity index (χ4n) is 2.14. The van der Waals surface area contributed by atoms with Crippen LogP contribution in [0.5, 0.6) is 0 Å². The van der Waals surface area contributed by atoms with Gasteiger partial charge in [-0.25, -0.2) is 0 Å². The summed E-state index contributed by atoms with van der Waals surface area (Å²) in [4.78, 5) is 4.30. The molecule has 0 aliphatic heterocycles. The fourth-order valence-corrected chi connectivity index (χ4v) is 2.14. The number of aryl methyl sites for hydroxylation is 1. The Balaban J connectivity index is 2.30. The molecule has 0 aliphatic rings. The van der Waals surface area contributed by atoms with E-state index in [1.54, 1.807) is 12.3 Å². The second kappa shape index (κ2) is 4.57. The average Bonchev–Trinajstić information content (AvgIpc) is 2.54. The first-order chi connectivity index (χ1) is 8.11. The number of nitrogens with two attached hydrogens (primary N) is 1. The zero-order valence-corrected chi connectivity index (χ0v) is 10.6. The first-order valence-corrected chi connectivity index (χ1v) is 5.85. The van der Waals surface area contributed by atoms with E-state index in [1.165, 1.54) is 11.3 Å². The third kappa shape index (κ3) is 2.30. The molecule has 0 fully saturated rings. The minimum atomic E-state index is 0.678. The zero-order valence-electron chi connectivity index (χ0n) is 10.6. The van der Waals surface area contributed by atoms with Gasteiger partial charge in [-0.05, 0) is 38.0 Å². The molecule has 2 rings (SSSR count). The van der Waals surface area contributed by atoms with Crippen molar-refractivity contribution in [2.75, 3.05) is 5.73 Å². The standard InChI is InChI=1S/C13H18N4/c1-4-13-9(2)16-17(10(13)3)8-12-7-11(14)5-6-15-12/h5-7H,4,8H2,1-3H3,(H2,14,15). The molecular formula is C13H18N4. The van der Waals surface area contributed by atoms with Gasteiger partial charge in [0.05, 0.1) is 17.9 Å². The molecule has 0 amide bonds. The number of anilines is 1. The monoisotopic (exact) mass is 230 g/mol. The van der Waals surface area contributed by atoms with Crippen LogP contribution in [0.3, 0.4) is 0 Å². The van der Waals surface area contributed by atoms with Crippen LogP contribution in [-0.4, -0.2) is 14.8 Å². The van der Waals surface area contributed by atoms with Crippen LogP contribution in [0.15, 0.2) is 18.3 Å². The summed E-state index contributed by atoms with van der Waals surface area (Å²) in [6.45, 7) is 6.98. The van der Waals surface area contributed by atoms with Crippen LogP contribution in [0.25, 0.3) is 0 Å². The molecule has 2 aromatic rings. The summed E-state index contributed by atoms with van der Waals surface area (Å²) in [5, 5.41) is 4.54. The molecule has 0 bridgehead atoms. The van der Waals surface area contributed by atoms with Gasteiger partial charge in [0, 0.05) is 17.6 Å². The highest BCUT2D eigenvalue weighted by atomic mass is 15.3. The topological polar surface area (TPSA) is 56.7 Å². The largest absolute Gasteiger partial charge is 0.399 e. The summed E-state index contributed by atoms with van der Waals surface area (Å²) in [6.07, 6.45) is 2.75. The maximum atomic E-state index is 5.74. The van der Waals surface area contributed by atoms with Crippen molar-refractivity contribution in [3.8, 4) is 0 Å². The van der Waals surface area contributed by atoms with Gasteiger partial charge in [-0.1, -0.05) is 6.92 Å². The number of pyridine rings is 1. The van der Waals surface area contributed by atoms with E-state index in [0.29, 0.717) is 6.54 Å². The molecule has 2 heterocycles.